The first-order valence-electron chi connectivity index (χ1n) is 11.8. The van der Waals surface area contributed by atoms with Crippen LogP contribution >= 0.6 is 0 Å². The summed E-state index contributed by atoms with van der Waals surface area (Å²) in [5.41, 5.74) is 1.70. The Labute approximate surface area is 196 Å². The number of rotatable bonds is 14. The number of benzene rings is 2. The molecular formula is C28H35NO4. The van der Waals surface area contributed by atoms with E-state index in [2.05, 4.69) is 13.5 Å². The Kier molecular flexibility index (Phi) is 9.43. The zero-order valence-corrected chi connectivity index (χ0v) is 19.8. The minimum atomic E-state index is -0.185. The van der Waals surface area contributed by atoms with Gasteiger partial charge in [-0.1, -0.05) is 82.0 Å². The van der Waals surface area contributed by atoms with E-state index < -0.39 is 0 Å². The van der Waals surface area contributed by atoms with Crippen molar-refractivity contribution in [1.82, 2.24) is 4.57 Å². The molecule has 176 valence electrons. The molecule has 0 aliphatic heterocycles. The minimum absolute atomic E-state index is 0.185. The summed E-state index contributed by atoms with van der Waals surface area (Å²) < 4.78 is 19.2. The maximum atomic E-state index is 13.4. The number of ether oxygens (including phenoxy) is 3. The van der Waals surface area contributed by atoms with Crippen LogP contribution in [0.15, 0.2) is 66.0 Å². The Bertz CT molecular complexity index is 1090. The maximum absolute atomic E-state index is 13.4. The van der Waals surface area contributed by atoms with E-state index >= 15 is 0 Å². The summed E-state index contributed by atoms with van der Waals surface area (Å²) in [6, 6.07) is 15.8. The van der Waals surface area contributed by atoms with E-state index in [1.54, 1.807) is 17.8 Å². The number of hydrogen-bond donors (Lipinski definition) is 0. The van der Waals surface area contributed by atoms with Gasteiger partial charge in [0.15, 0.2) is 5.75 Å². The minimum Gasteiger partial charge on any atom is -0.492 e. The van der Waals surface area contributed by atoms with Crippen LogP contribution in [0, 0.1) is 0 Å². The van der Waals surface area contributed by atoms with Crippen LogP contribution in [-0.4, -0.2) is 18.3 Å². The SMILES string of the molecule is C=CCOc1c(OC)c2ccc(OCc3ccccc3)cc2n(CCCCCCCC)c1=O. The number of hydrogen-bond acceptors (Lipinski definition) is 4. The fraction of sp³-hybridized carbons (Fsp3) is 0.393. The van der Waals surface area contributed by atoms with Gasteiger partial charge < -0.3 is 18.8 Å². The number of aryl methyl sites for hydroxylation is 1. The number of nitrogens with zero attached hydrogens (tertiary/aromatic N) is 1. The monoisotopic (exact) mass is 449 g/mol. The standard InChI is InChI=1S/C28H35NO4/c1-4-6-7-8-9-13-18-29-25-20-23(33-21-22-14-11-10-12-15-22)16-17-24(25)26(31-3)27(28(29)30)32-19-5-2/h5,10-12,14-17,20H,2,4,6-9,13,18-19,21H2,1,3H3. The van der Waals surface area contributed by atoms with Crippen molar-refractivity contribution >= 4 is 10.9 Å². The highest BCUT2D eigenvalue weighted by atomic mass is 16.5. The predicted octanol–water partition coefficient (Wildman–Crippen LogP) is 6.51. The fourth-order valence-corrected chi connectivity index (χ4v) is 3.95. The molecule has 2 aromatic carbocycles. The van der Waals surface area contributed by atoms with Crippen LogP contribution in [0.25, 0.3) is 10.9 Å². The largest absolute Gasteiger partial charge is 0.492 e. The van der Waals surface area contributed by atoms with Crippen molar-refractivity contribution in [2.75, 3.05) is 13.7 Å². The van der Waals surface area contributed by atoms with E-state index in [-0.39, 0.29) is 17.9 Å². The van der Waals surface area contributed by atoms with E-state index in [1.807, 2.05) is 48.5 Å². The summed E-state index contributed by atoms with van der Waals surface area (Å²) in [4.78, 5) is 13.4. The van der Waals surface area contributed by atoms with Gasteiger partial charge in [0.25, 0.3) is 5.56 Å². The molecule has 0 fully saturated rings. The first-order chi connectivity index (χ1) is 16.2. The molecule has 0 spiro atoms. The van der Waals surface area contributed by atoms with E-state index in [0.717, 1.165) is 29.3 Å². The van der Waals surface area contributed by atoms with Gasteiger partial charge in [-0.15, -0.1) is 0 Å². The van der Waals surface area contributed by atoms with Crippen LogP contribution in [0.2, 0.25) is 0 Å². The van der Waals surface area contributed by atoms with Crippen molar-refractivity contribution < 1.29 is 14.2 Å². The van der Waals surface area contributed by atoms with E-state index in [4.69, 9.17) is 14.2 Å². The van der Waals surface area contributed by atoms with Gasteiger partial charge in [0, 0.05) is 18.0 Å². The molecule has 0 bridgehead atoms. The van der Waals surface area contributed by atoms with Crippen LogP contribution in [0.4, 0.5) is 0 Å². The smallest absolute Gasteiger partial charge is 0.297 e. The van der Waals surface area contributed by atoms with Crippen LogP contribution in [-0.2, 0) is 13.2 Å². The van der Waals surface area contributed by atoms with Gasteiger partial charge >= 0.3 is 0 Å². The lowest BCUT2D eigenvalue weighted by atomic mass is 10.1. The molecule has 0 aliphatic rings. The molecule has 0 saturated carbocycles. The number of pyridine rings is 1. The second-order valence-corrected chi connectivity index (χ2v) is 8.14. The summed E-state index contributed by atoms with van der Waals surface area (Å²) in [5, 5.41) is 0.828. The van der Waals surface area contributed by atoms with E-state index in [1.165, 1.54) is 25.7 Å². The van der Waals surface area contributed by atoms with Crippen molar-refractivity contribution in [1.29, 1.82) is 0 Å². The summed E-state index contributed by atoms with van der Waals surface area (Å²) in [6.07, 6.45) is 8.54. The molecule has 1 aromatic heterocycles. The Morgan fingerprint density at radius 3 is 2.42 bits per heavy atom. The summed E-state index contributed by atoms with van der Waals surface area (Å²) in [5.74, 6) is 1.39. The van der Waals surface area contributed by atoms with E-state index in [0.29, 0.717) is 24.7 Å². The Morgan fingerprint density at radius 2 is 1.70 bits per heavy atom. The molecule has 0 amide bonds. The van der Waals surface area contributed by atoms with Crippen molar-refractivity contribution in [3.8, 4) is 17.2 Å². The molecule has 5 heteroatoms. The van der Waals surface area contributed by atoms with Crippen molar-refractivity contribution in [2.24, 2.45) is 0 Å². The highest BCUT2D eigenvalue weighted by Crippen LogP contribution is 2.34. The molecular weight excluding hydrogens is 414 g/mol. The second-order valence-electron chi connectivity index (χ2n) is 8.14. The zero-order valence-electron chi connectivity index (χ0n) is 19.8. The number of unbranched alkanes of at least 4 members (excludes halogenated alkanes) is 5. The van der Waals surface area contributed by atoms with Gasteiger partial charge in [0.05, 0.1) is 12.6 Å². The Hall–Kier alpha value is -3.21. The van der Waals surface area contributed by atoms with Crippen LogP contribution in [0.3, 0.4) is 0 Å². The molecule has 1 heterocycles. The molecule has 0 N–H and O–H groups in total. The third-order valence-electron chi connectivity index (χ3n) is 5.68. The Morgan fingerprint density at radius 1 is 0.939 bits per heavy atom. The Balaban J connectivity index is 1.93. The molecule has 0 saturated heterocycles. The second kappa shape index (κ2) is 12.7. The van der Waals surface area contributed by atoms with Gasteiger partial charge in [-0.3, -0.25) is 4.79 Å². The van der Waals surface area contributed by atoms with Crippen LogP contribution in [0.1, 0.15) is 51.0 Å². The van der Waals surface area contributed by atoms with Crippen LogP contribution < -0.4 is 19.8 Å². The molecule has 0 unspecified atom stereocenters. The quantitative estimate of drug-likeness (QED) is 0.208. The molecule has 33 heavy (non-hydrogen) atoms. The maximum Gasteiger partial charge on any atom is 0.297 e. The third kappa shape index (κ3) is 6.41. The molecule has 3 aromatic rings. The van der Waals surface area contributed by atoms with Gasteiger partial charge in [0.1, 0.15) is 19.0 Å². The summed E-state index contributed by atoms with van der Waals surface area (Å²) in [7, 11) is 1.56. The third-order valence-corrected chi connectivity index (χ3v) is 5.68. The molecule has 0 atom stereocenters. The predicted molar refractivity (Wildman–Crippen MR) is 135 cm³/mol. The van der Waals surface area contributed by atoms with Crippen molar-refractivity contribution in [2.45, 2.75) is 58.6 Å². The molecule has 3 rings (SSSR count). The van der Waals surface area contributed by atoms with Gasteiger partial charge in [-0.25, -0.2) is 0 Å². The number of methoxy groups -OCH3 is 1. The summed E-state index contributed by atoms with van der Waals surface area (Å²) >= 11 is 0. The highest BCUT2D eigenvalue weighted by molar-refractivity contribution is 5.89. The average Bonchev–Trinajstić information content (AvgIpc) is 2.85. The number of fused-ring (bicyclic) bond motifs is 1. The lowest BCUT2D eigenvalue weighted by Crippen LogP contribution is -2.24. The van der Waals surface area contributed by atoms with Crippen molar-refractivity contribution in [3.05, 3.63) is 77.1 Å². The topological polar surface area (TPSA) is 49.7 Å². The average molecular weight is 450 g/mol. The first-order valence-corrected chi connectivity index (χ1v) is 11.8. The molecule has 0 aliphatic carbocycles. The summed E-state index contributed by atoms with van der Waals surface area (Å²) in [6.45, 7) is 7.24. The lowest BCUT2D eigenvalue weighted by Gasteiger charge is -2.18. The van der Waals surface area contributed by atoms with Crippen molar-refractivity contribution in [3.63, 3.8) is 0 Å². The zero-order chi connectivity index (χ0) is 23.5. The van der Waals surface area contributed by atoms with Gasteiger partial charge in [0.2, 0.25) is 5.75 Å². The molecule has 5 nitrogen and oxygen atoms in total. The fourth-order valence-electron chi connectivity index (χ4n) is 3.95. The van der Waals surface area contributed by atoms with Crippen LogP contribution in [0.5, 0.6) is 17.2 Å². The molecule has 0 radical (unpaired) electrons. The van der Waals surface area contributed by atoms with E-state index in [9.17, 15) is 4.79 Å². The first kappa shape index (κ1) is 24.4. The highest BCUT2D eigenvalue weighted by Gasteiger charge is 2.19. The van der Waals surface area contributed by atoms with Gasteiger partial charge in [-0.05, 0) is 24.1 Å². The van der Waals surface area contributed by atoms with Gasteiger partial charge in [-0.2, -0.15) is 0 Å². The lowest BCUT2D eigenvalue weighted by molar-refractivity contribution is 0.306. The number of aromatic nitrogens is 1. The normalized spacial score (nSPS) is 10.8.